The van der Waals surface area contributed by atoms with E-state index in [4.69, 9.17) is 9.47 Å². The number of carbonyl (C=O) groups excluding carboxylic acids is 3. The molecule has 1 spiro atoms. The topological polar surface area (TPSA) is 96.4 Å². The Morgan fingerprint density at radius 1 is 1.22 bits per heavy atom. The van der Waals surface area contributed by atoms with Gasteiger partial charge in [-0.2, -0.15) is 0 Å². The first-order valence-corrected chi connectivity index (χ1v) is 14.1. The lowest BCUT2D eigenvalue weighted by atomic mass is 9.62. The van der Waals surface area contributed by atoms with E-state index in [1.165, 1.54) is 6.42 Å². The van der Waals surface area contributed by atoms with Crippen molar-refractivity contribution in [2.75, 3.05) is 26.3 Å². The first kappa shape index (κ1) is 27.8. The summed E-state index contributed by atoms with van der Waals surface area (Å²) < 4.78 is 12.4. The van der Waals surface area contributed by atoms with E-state index < -0.39 is 35.0 Å². The standard InChI is InChI=1S/C29H44N2O6/c1-5-7-11-18-36-27(35)23-22-25(33)31(16-12-17-32)24(29(22)19-20(3)28(23,4)37-29)26(34)30(15-6-2)21-13-9-8-10-14-21/h5-6,20-24,32H,1-2,7-19H2,3-4H3/t20?,22-,23-,24?,28+,29?/m0/s1. The lowest BCUT2D eigenvalue weighted by Crippen LogP contribution is -2.58. The summed E-state index contributed by atoms with van der Waals surface area (Å²) in [6.45, 7) is 12.3. The Labute approximate surface area is 221 Å². The van der Waals surface area contributed by atoms with Crippen LogP contribution >= 0.6 is 0 Å². The number of hydrogen-bond acceptors (Lipinski definition) is 6. The van der Waals surface area contributed by atoms with Crippen molar-refractivity contribution in [3.63, 3.8) is 0 Å². The van der Waals surface area contributed by atoms with Crippen LogP contribution in [0.25, 0.3) is 0 Å². The third-order valence-corrected chi connectivity index (χ3v) is 9.28. The van der Waals surface area contributed by atoms with Crippen LogP contribution in [0, 0.1) is 17.8 Å². The summed E-state index contributed by atoms with van der Waals surface area (Å²) in [4.78, 5) is 45.4. The van der Waals surface area contributed by atoms with Gasteiger partial charge in [-0.05, 0) is 51.4 Å². The van der Waals surface area contributed by atoms with E-state index in [0.717, 1.165) is 32.1 Å². The fourth-order valence-electron chi connectivity index (χ4n) is 7.46. The zero-order chi connectivity index (χ0) is 26.8. The molecule has 2 bridgehead atoms. The number of esters is 1. The Bertz CT molecular complexity index is 901. The molecule has 0 aromatic carbocycles. The number of ether oxygens (including phenoxy) is 2. The maximum absolute atomic E-state index is 14.4. The molecule has 6 atom stereocenters. The first-order valence-electron chi connectivity index (χ1n) is 14.1. The molecule has 1 N–H and O–H groups in total. The van der Waals surface area contributed by atoms with Gasteiger partial charge in [0, 0.05) is 25.7 Å². The number of aliphatic hydroxyl groups excluding tert-OH is 1. The van der Waals surface area contributed by atoms with E-state index in [2.05, 4.69) is 13.2 Å². The van der Waals surface area contributed by atoms with Crippen LogP contribution in [0.5, 0.6) is 0 Å². The molecule has 4 rings (SSSR count). The zero-order valence-corrected chi connectivity index (χ0v) is 22.5. The molecular formula is C29H44N2O6. The van der Waals surface area contributed by atoms with Gasteiger partial charge >= 0.3 is 5.97 Å². The Morgan fingerprint density at radius 3 is 2.59 bits per heavy atom. The Balaban J connectivity index is 1.70. The Kier molecular flexibility index (Phi) is 8.48. The molecule has 3 heterocycles. The average Bonchev–Trinajstić information content (AvgIpc) is 3.40. The third kappa shape index (κ3) is 4.65. The summed E-state index contributed by atoms with van der Waals surface area (Å²) in [5, 5.41) is 9.57. The predicted molar refractivity (Wildman–Crippen MR) is 139 cm³/mol. The van der Waals surface area contributed by atoms with E-state index in [1.807, 2.05) is 18.7 Å². The van der Waals surface area contributed by atoms with Crippen molar-refractivity contribution in [1.82, 2.24) is 9.80 Å². The molecule has 4 fully saturated rings. The molecule has 3 saturated heterocycles. The molecule has 0 aromatic rings. The monoisotopic (exact) mass is 516 g/mol. The number of rotatable bonds is 12. The Hall–Kier alpha value is -2.19. The van der Waals surface area contributed by atoms with E-state index in [1.54, 1.807) is 17.1 Å². The number of aliphatic hydroxyl groups is 1. The van der Waals surface area contributed by atoms with Crippen LogP contribution in [0.3, 0.4) is 0 Å². The van der Waals surface area contributed by atoms with Gasteiger partial charge < -0.3 is 24.4 Å². The summed E-state index contributed by atoms with van der Waals surface area (Å²) >= 11 is 0. The first-order chi connectivity index (χ1) is 17.8. The second-order valence-corrected chi connectivity index (χ2v) is 11.5. The lowest BCUT2D eigenvalue weighted by Gasteiger charge is -2.41. The van der Waals surface area contributed by atoms with Gasteiger partial charge in [0.15, 0.2) is 0 Å². The van der Waals surface area contributed by atoms with E-state index in [-0.39, 0.29) is 43.5 Å². The Morgan fingerprint density at radius 2 is 1.95 bits per heavy atom. The highest BCUT2D eigenvalue weighted by molar-refractivity contribution is 5.98. The molecule has 0 radical (unpaired) electrons. The molecule has 1 aliphatic carbocycles. The average molecular weight is 517 g/mol. The minimum Gasteiger partial charge on any atom is -0.465 e. The lowest BCUT2D eigenvalue weighted by molar-refractivity contribution is -0.162. The fraction of sp³-hybridized carbons (Fsp3) is 0.759. The molecule has 1 saturated carbocycles. The second kappa shape index (κ2) is 11.3. The molecule has 4 aliphatic rings. The molecule has 37 heavy (non-hydrogen) atoms. The maximum atomic E-state index is 14.4. The smallest absolute Gasteiger partial charge is 0.312 e. The number of nitrogens with zero attached hydrogens (tertiary/aromatic N) is 2. The van der Waals surface area contributed by atoms with Gasteiger partial charge in [-0.15, -0.1) is 13.2 Å². The molecular weight excluding hydrogens is 472 g/mol. The van der Waals surface area contributed by atoms with Gasteiger partial charge in [-0.1, -0.05) is 38.3 Å². The van der Waals surface area contributed by atoms with Crippen molar-refractivity contribution in [3.8, 4) is 0 Å². The van der Waals surface area contributed by atoms with Crippen molar-refractivity contribution >= 4 is 17.8 Å². The molecule has 8 heteroatoms. The van der Waals surface area contributed by atoms with Crippen LogP contribution in [0.2, 0.25) is 0 Å². The maximum Gasteiger partial charge on any atom is 0.312 e. The van der Waals surface area contributed by atoms with E-state index in [0.29, 0.717) is 25.8 Å². The fourth-order valence-corrected chi connectivity index (χ4v) is 7.46. The second-order valence-electron chi connectivity index (χ2n) is 11.5. The number of fused-ring (bicyclic) bond motifs is 1. The number of carbonyl (C=O) groups is 3. The van der Waals surface area contributed by atoms with Gasteiger partial charge in [-0.25, -0.2) is 0 Å². The summed E-state index contributed by atoms with van der Waals surface area (Å²) in [7, 11) is 0. The van der Waals surface area contributed by atoms with Gasteiger partial charge in [0.05, 0.1) is 18.1 Å². The van der Waals surface area contributed by atoms with Gasteiger partial charge in [0.2, 0.25) is 11.8 Å². The summed E-state index contributed by atoms with van der Waals surface area (Å²) in [6, 6.07) is -0.733. The number of allylic oxidation sites excluding steroid dienone is 1. The van der Waals surface area contributed by atoms with Crippen molar-refractivity contribution in [3.05, 3.63) is 25.3 Å². The quantitative estimate of drug-likeness (QED) is 0.243. The highest BCUT2D eigenvalue weighted by atomic mass is 16.6. The normalized spacial score (nSPS) is 34.9. The molecule has 206 valence electrons. The van der Waals surface area contributed by atoms with Gasteiger partial charge in [-0.3, -0.25) is 14.4 Å². The zero-order valence-electron chi connectivity index (χ0n) is 22.5. The van der Waals surface area contributed by atoms with Crippen LogP contribution in [0.1, 0.15) is 71.6 Å². The van der Waals surface area contributed by atoms with E-state index in [9.17, 15) is 19.5 Å². The van der Waals surface area contributed by atoms with Crippen molar-refractivity contribution in [1.29, 1.82) is 0 Å². The number of hydrogen-bond donors (Lipinski definition) is 1. The van der Waals surface area contributed by atoms with Crippen LogP contribution in [-0.2, 0) is 23.9 Å². The summed E-state index contributed by atoms with van der Waals surface area (Å²) in [5.41, 5.74) is -1.97. The minimum absolute atomic E-state index is 0.0297. The van der Waals surface area contributed by atoms with Crippen LogP contribution in [-0.4, -0.2) is 82.3 Å². The van der Waals surface area contributed by atoms with Crippen molar-refractivity contribution in [2.24, 2.45) is 17.8 Å². The van der Waals surface area contributed by atoms with E-state index >= 15 is 0 Å². The molecule has 0 aromatic heterocycles. The molecule has 2 amide bonds. The predicted octanol–water partition coefficient (Wildman–Crippen LogP) is 3.24. The number of likely N-dealkylation sites (tertiary alicyclic amines) is 1. The number of unbranched alkanes of at least 4 members (excludes halogenated alkanes) is 1. The molecule has 8 nitrogen and oxygen atoms in total. The molecule has 3 unspecified atom stereocenters. The summed E-state index contributed by atoms with van der Waals surface area (Å²) in [5.74, 6) is -2.37. The van der Waals surface area contributed by atoms with Crippen LogP contribution in [0.4, 0.5) is 0 Å². The van der Waals surface area contributed by atoms with Gasteiger partial charge in [0.25, 0.3) is 0 Å². The van der Waals surface area contributed by atoms with Crippen LogP contribution < -0.4 is 0 Å². The third-order valence-electron chi connectivity index (χ3n) is 9.28. The largest absolute Gasteiger partial charge is 0.465 e. The van der Waals surface area contributed by atoms with Gasteiger partial charge in [0.1, 0.15) is 17.6 Å². The van der Waals surface area contributed by atoms with Crippen LogP contribution in [0.15, 0.2) is 25.3 Å². The highest BCUT2D eigenvalue weighted by Gasteiger charge is 2.80. The van der Waals surface area contributed by atoms with Crippen molar-refractivity contribution in [2.45, 2.75) is 94.9 Å². The SMILES string of the molecule is C=CCCCOC(=O)[C@@H]1[C@H]2C(=O)N(CCCO)C(C(=O)N(CC=C)C3CCCCC3)C23CC(C)[C@@]1(C)O3. The highest BCUT2D eigenvalue weighted by Crippen LogP contribution is 2.65. The van der Waals surface area contributed by atoms with Crippen molar-refractivity contribution < 1.29 is 29.0 Å². The molecule has 3 aliphatic heterocycles. The summed E-state index contributed by atoms with van der Waals surface area (Å²) in [6.07, 6.45) is 11.0. The minimum atomic E-state index is -1.09. The number of amides is 2.